The average molecular weight is 235 g/mol. The number of rotatable bonds is 8. The predicted octanol–water partition coefficient (Wildman–Crippen LogP) is 3.13. The summed E-state index contributed by atoms with van der Waals surface area (Å²) in [6.45, 7) is 6.62. The van der Waals surface area contributed by atoms with Crippen LogP contribution in [0.25, 0.3) is 0 Å². The molecule has 0 amide bonds. The van der Waals surface area contributed by atoms with E-state index in [2.05, 4.69) is 35.1 Å². The van der Waals surface area contributed by atoms with Gasteiger partial charge in [-0.15, -0.1) is 0 Å². The zero-order valence-electron chi connectivity index (χ0n) is 11.2. The smallest absolute Gasteiger partial charge is 0.0537 e. The summed E-state index contributed by atoms with van der Waals surface area (Å²) in [5, 5.41) is 8.04. The van der Waals surface area contributed by atoms with Gasteiger partial charge in [0.05, 0.1) is 6.20 Å². The summed E-state index contributed by atoms with van der Waals surface area (Å²) in [5.74, 6) is 0.989. The van der Waals surface area contributed by atoms with Gasteiger partial charge in [-0.25, -0.2) is 0 Å². The number of aryl methyl sites for hydroxylation is 1. The first-order valence-corrected chi connectivity index (χ1v) is 7.09. The minimum atomic E-state index is 0.477. The minimum Gasteiger partial charge on any atom is -0.310 e. The van der Waals surface area contributed by atoms with Crippen LogP contribution in [0.1, 0.15) is 57.6 Å². The van der Waals surface area contributed by atoms with Crippen LogP contribution >= 0.6 is 0 Å². The predicted molar refractivity (Wildman–Crippen MR) is 70.9 cm³/mol. The van der Waals surface area contributed by atoms with Gasteiger partial charge in [0.25, 0.3) is 0 Å². The van der Waals surface area contributed by atoms with E-state index in [9.17, 15) is 0 Å². The lowest BCUT2D eigenvalue weighted by Crippen LogP contribution is -2.21. The van der Waals surface area contributed by atoms with Crippen molar-refractivity contribution >= 4 is 0 Å². The largest absolute Gasteiger partial charge is 0.310 e. The van der Waals surface area contributed by atoms with Crippen LogP contribution in [0.4, 0.5) is 0 Å². The van der Waals surface area contributed by atoms with Crippen molar-refractivity contribution in [2.75, 3.05) is 6.54 Å². The van der Waals surface area contributed by atoms with E-state index in [1.165, 1.54) is 31.2 Å². The summed E-state index contributed by atoms with van der Waals surface area (Å²) in [7, 11) is 0. The lowest BCUT2D eigenvalue weighted by atomic mass is 10.1. The van der Waals surface area contributed by atoms with Gasteiger partial charge in [-0.1, -0.05) is 26.7 Å². The highest BCUT2D eigenvalue weighted by Gasteiger charge is 2.20. The Morgan fingerprint density at radius 2 is 2.29 bits per heavy atom. The molecular formula is C14H25N3. The van der Waals surface area contributed by atoms with Crippen molar-refractivity contribution in [3.05, 3.63) is 18.0 Å². The molecule has 1 aliphatic rings. The zero-order valence-corrected chi connectivity index (χ0v) is 11.2. The van der Waals surface area contributed by atoms with Gasteiger partial charge in [-0.05, 0) is 31.7 Å². The van der Waals surface area contributed by atoms with E-state index in [-0.39, 0.29) is 0 Å². The molecule has 0 aliphatic heterocycles. The highest BCUT2D eigenvalue weighted by molar-refractivity contribution is 5.10. The van der Waals surface area contributed by atoms with Crippen molar-refractivity contribution in [3.63, 3.8) is 0 Å². The molecule has 1 heterocycles. The Labute approximate surface area is 105 Å². The van der Waals surface area contributed by atoms with Crippen molar-refractivity contribution in [2.45, 2.75) is 58.5 Å². The van der Waals surface area contributed by atoms with Crippen LogP contribution in [-0.2, 0) is 6.54 Å². The molecule has 3 nitrogen and oxygen atoms in total. The van der Waals surface area contributed by atoms with Crippen LogP contribution in [-0.4, -0.2) is 16.3 Å². The third-order valence-corrected chi connectivity index (χ3v) is 3.57. The van der Waals surface area contributed by atoms with E-state index in [4.69, 9.17) is 0 Å². The fourth-order valence-corrected chi connectivity index (χ4v) is 2.22. The minimum absolute atomic E-state index is 0.477. The summed E-state index contributed by atoms with van der Waals surface area (Å²) >= 11 is 0. The van der Waals surface area contributed by atoms with Crippen LogP contribution in [0.2, 0.25) is 0 Å². The molecule has 96 valence electrons. The Morgan fingerprint density at radius 1 is 1.47 bits per heavy atom. The number of hydrogen-bond acceptors (Lipinski definition) is 2. The highest BCUT2D eigenvalue weighted by atomic mass is 15.3. The molecule has 1 N–H and O–H groups in total. The lowest BCUT2D eigenvalue weighted by Gasteiger charge is -2.14. The molecule has 0 bridgehead atoms. The monoisotopic (exact) mass is 235 g/mol. The van der Waals surface area contributed by atoms with Crippen LogP contribution in [0, 0.1) is 5.92 Å². The standard InChI is InChI=1S/C14H25N3/c1-3-8-15-14(4-2)13-10-16-17(11-13)9-7-12-5-6-12/h10-12,14-15H,3-9H2,1-2H3. The summed E-state index contributed by atoms with van der Waals surface area (Å²) in [5.41, 5.74) is 1.34. The van der Waals surface area contributed by atoms with E-state index in [0.717, 1.165) is 25.4 Å². The normalized spacial score (nSPS) is 17.3. The number of nitrogens with one attached hydrogen (secondary N) is 1. The maximum atomic E-state index is 4.47. The molecule has 1 aromatic heterocycles. The van der Waals surface area contributed by atoms with Gasteiger partial charge in [0.1, 0.15) is 0 Å². The molecule has 0 aromatic carbocycles. The first-order valence-electron chi connectivity index (χ1n) is 7.09. The third-order valence-electron chi connectivity index (χ3n) is 3.57. The topological polar surface area (TPSA) is 29.9 Å². The summed E-state index contributed by atoms with van der Waals surface area (Å²) < 4.78 is 2.12. The zero-order chi connectivity index (χ0) is 12.1. The molecule has 0 saturated heterocycles. The number of aromatic nitrogens is 2. The van der Waals surface area contributed by atoms with Crippen molar-refractivity contribution < 1.29 is 0 Å². The van der Waals surface area contributed by atoms with Crippen molar-refractivity contribution in [1.29, 1.82) is 0 Å². The molecule has 1 atom stereocenters. The fraction of sp³-hybridized carbons (Fsp3) is 0.786. The van der Waals surface area contributed by atoms with Crippen molar-refractivity contribution in [3.8, 4) is 0 Å². The molecule has 0 spiro atoms. The average Bonchev–Trinajstić information content (AvgIpc) is 3.07. The Bertz CT molecular complexity index is 328. The molecule has 17 heavy (non-hydrogen) atoms. The second kappa shape index (κ2) is 6.20. The quantitative estimate of drug-likeness (QED) is 0.750. The van der Waals surface area contributed by atoms with Gasteiger partial charge in [0.2, 0.25) is 0 Å². The summed E-state index contributed by atoms with van der Waals surface area (Å²) in [4.78, 5) is 0. The second-order valence-corrected chi connectivity index (χ2v) is 5.18. The first kappa shape index (κ1) is 12.6. The van der Waals surface area contributed by atoms with Crippen molar-refractivity contribution in [2.24, 2.45) is 5.92 Å². The molecule has 1 fully saturated rings. The van der Waals surface area contributed by atoms with E-state index in [1.54, 1.807) is 0 Å². The molecular weight excluding hydrogens is 210 g/mol. The molecule has 2 rings (SSSR count). The molecule has 1 aromatic rings. The van der Waals surface area contributed by atoms with E-state index < -0.39 is 0 Å². The lowest BCUT2D eigenvalue weighted by molar-refractivity contribution is 0.514. The van der Waals surface area contributed by atoms with Gasteiger partial charge >= 0.3 is 0 Å². The number of hydrogen-bond donors (Lipinski definition) is 1. The van der Waals surface area contributed by atoms with Gasteiger partial charge in [-0.2, -0.15) is 5.10 Å². The fourth-order valence-electron chi connectivity index (χ4n) is 2.22. The number of nitrogens with zero attached hydrogens (tertiary/aromatic N) is 2. The van der Waals surface area contributed by atoms with Crippen LogP contribution < -0.4 is 5.32 Å². The molecule has 0 radical (unpaired) electrons. The summed E-state index contributed by atoms with van der Waals surface area (Å²) in [6, 6.07) is 0.477. The van der Waals surface area contributed by atoms with E-state index in [1.807, 2.05) is 6.20 Å². The maximum Gasteiger partial charge on any atom is 0.0537 e. The van der Waals surface area contributed by atoms with Gasteiger partial charge in [-0.3, -0.25) is 4.68 Å². The van der Waals surface area contributed by atoms with E-state index >= 15 is 0 Å². The highest BCUT2D eigenvalue weighted by Crippen LogP contribution is 2.32. The van der Waals surface area contributed by atoms with Gasteiger partial charge in [0.15, 0.2) is 0 Å². The van der Waals surface area contributed by atoms with Gasteiger partial charge < -0.3 is 5.32 Å². The second-order valence-electron chi connectivity index (χ2n) is 5.18. The van der Waals surface area contributed by atoms with Crippen LogP contribution in [0.15, 0.2) is 12.4 Å². The Balaban J connectivity index is 1.85. The van der Waals surface area contributed by atoms with Crippen LogP contribution in [0.5, 0.6) is 0 Å². The molecule has 3 heteroatoms. The Hall–Kier alpha value is -0.830. The van der Waals surface area contributed by atoms with Crippen LogP contribution in [0.3, 0.4) is 0 Å². The molecule has 1 saturated carbocycles. The SMILES string of the molecule is CCCNC(CC)c1cnn(CCC2CC2)c1. The third kappa shape index (κ3) is 3.84. The summed E-state index contributed by atoms with van der Waals surface area (Å²) in [6.07, 6.45) is 10.7. The maximum absolute atomic E-state index is 4.47. The molecule has 1 unspecified atom stereocenters. The van der Waals surface area contributed by atoms with E-state index in [0.29, 0.717) is 6.04 Å². The first-order chi connectivity index (χ1) is 8.33. The van der Waals surface area contributed by atoms with Crippen molar-refractivity contribution in [1.82, 2.24) is 15.1 Å². The Morgan fingerprint density at radius 3 is 2.94 bits per heavy atom. The van der Waals surface area contributed by atoms with Gasteiger partial charge in [0, 0.05) is 24.3 Å². The molecule has 1 aliphatic carbocycles. The Kier molecular flexibility index (Phi) is 4.60.